The average molecular weight is 264 g/mol. The Balaban J connectivity index is 1.88. The minimum absolute atomic E-state index is 0.643. The lowest BCUT2D eigenvalue weighted by Gasteiger charge is -2.33. The molecule has 19 heavy (non-hydrogen) atoms. The lowest BCUT2D eigenvalue weighted by atomic mass is 10.0. The van der Waals surface area contributed by atoms with Crippen LogP contribution in [-0.4, -0.2) is 36.2 Å². The van der Waals surface area contributed by atoms with E-state index in [-0.39, 0.29) is 0 Å². The monoisotopic (exact) mass is 264 g/mol. The van der Waals surface area contributed by atoms with Crippen LogP contribution in [-0.2, 0) is 13.0 Å². The molecule has 5 nitrogen and oxygen atoms in total. The fraction of sp³-hybridized carbons (Fsp3) is 0.714. The Morgan fingerprint density at radius 3 is 3.11 bits per heavy atom. The topological polar surface area (TPSA) is 53.7 Å². The second-order valence-corrected chi connectivity index (χ2v) is 5.23. The van der Waals surface area contributed by atoms with Crippen molar-refractivity contribution < 1.29 is 4.52 Å². The predicted molar refractivity (Wildman–Crippen MR) is 76.1 cm³/mol. The number of hydrogen-bond acceptors (Lipinski definition) is 3. The van der Waals surface area contributed by atoms with E-state index in [1.807, 2.05) is 13.1 Å². The second kappa shape index (κ2) is 6.59. The highest BCUT2D eigenvalue weighted by molar-refractivity contribution is 5.79. The van der Waals surface area contributed by atoms with Crippen molar-refractivity contribution in [2.45, 2.75) is 39.7 Å². The predicted octanol–water partition coefficient (Wildman–Crippen LogP) is 2.04. The van der Waals surface area contributed by atoms with Crippen molar-refractivity contribution in [2.75, 3.05) is 20.1 Å². The third-order valence-corrected chi connectivity index (χ3v) is 3.56. The minimum Gasteiger partial charge on any atom is -0.359 e. The normalized spacial score (nSPS) is 20.7. The molecule has 5 heteroatoms. The van der Waals surface area contributed by atoms with E-state index in [9.17, 15) is 0 Å². The van der Waals surface area contributed by atoms with Gasteiger partial charge in [-0.2, -0.15) is 0 Å². The molecule has 0 aliphatic carbocycles. The van der Waals surface area contributed by atoms with Crippen LogP contribution >= 0.6 is 0 Å². The molecule has 0 radical (unpaired) electrons. The largest absolute Gasteiger partial charge is 0.359 e. The van der Waals surface area contributed by atoms with E-state index in [0.717, 1.165) is 42.8 Å². The Morgan fingerprint density at radius 1 is 1.63 bits per heavy atom. The summed E-state index contributed by atoms with van der Waals surface area (Å²) in [6.07, 6.45) is 3.46. The molecular weight excluding hydrogens is 240 g/mol. The van der Waals surface area contributed by atoms with Crippen molar-refractivity contribution in [3.05, 3.63) is 17.5 Å². The van der Waals surface area contributed by atoms with Crippen LogP contribution in [0.1, 0.15) is 38.1 Å². The minimum atomic E-state index is 0.643. The molecule has 0 spiro atoms. The highest BCUT2D eigenvalue weighted by Crippen LogP contribution is 2.15. The summed E-state index contributed by atoms with van der Waals surface area (Å²) in [6, 6.07) is 2.00. The number of aliphatic imine (C=N–C) groups is 1. The van der Waals surface area contributed by atoms with Crippen LogP contribution in [0.25, 0.3) is 0 Å². The molecule has 1 unspecified atom stereocenters. The number of hydrogen-bond donors (Lipinski definition) is 1. The number of aromatic nitrogens is 1. The van der Waals surface area contributed by atoms with Crippen molar-refractivity contribution in [2.24, 2.45) is 10.9 Å². The van der Waals surface area contributed by atoms with Gasteiger partial charge in [-0.05, 0) is 25.2 Å². The summed E-state index contributed by atoms with van der Waals surface area (Å²) in [5, 5.41) is 7.35. The van der Waals surface area contributed by atoms with E-state index in [2.05, 4.69) is 34.2 Å². The van der Waals surface area contributed by atoms with Crippen molar-refractivity contribution >= 4 is 5.96 Å². The molecule has 0 amide bonds. The zero-order valence-electron chi connectivity index (χ0n) is 12.1. The van der Waals surface area contributed by atoms with Gasteiger partial charge in [0.05, 0.1) is 12.2 Å². The quantitative estimate of drug-likeness (QED) is 0.670. The Labute approximate surface area is 115 Å². The van der Waals surface area contributed by atoms with Crippen LogP contribution in [0.15, 0.2) is 15.6 Å². The van der Waals surface area contributed by atoms with Crippen LogP contribution in [0, 0.1) is 5.92 Å². The number of nitrogens with zero attached hydrogens (tertiary/aromatic N) is 3. The smallest absolute Gasteiger partial charge is 0.194 e. The number of rotatable bonds is 3. The van der Waals surface area contributed by atoms with Crippen LogP contribution in [0.3, 0.4) is 0 Å². The Hall–Kier alpha value is -1.52. The molecule has 2 heterocycles. The molecule has 1 aromatic rings. The summed E-state index contributed by atoms with van der Waals surface area (Å²) in [7, 11) is 1.83. The first-order valence-electron chi connectivity index (χ1n) is 7.13. The summed E-state index contributed by atoms with van der Waals surface area (Å²) in [5.74, 6) is 2.56. The van der Waals surface area contributed by atoms with Gasteiger partial charge in [-0.15, -0.1) is 0 Å². The Kier molecular flexibility index (Phi) is 4.82. The van der Waals surface area contributed by atoms with E-state index >= 15 is 0 Å². The van der Waals surface area contributed by atoms with Crippen molar-refractivity contribution in [3.63, 3.8) is 0 Å². The molecular formula is C14H24N4O. The van der Waals surface area contributed by atoms with E-state index in [1.54, 1.807) is 0 Å². The van der Waals surface area contributed by atoms with Gasteiger partial charge < -0.3 is 14.7 Å². The first-order valence-corrected chi connectivity index (χ1v) is 7.13. The molecule has 0 bridgehead atoms. The van der Waals surface area contributed by atoms with Gasteiger partial charge in [0, 0.05) is 26.2 Å². The highest BCUT2D eigenvalue weighted by atomic mass is 16.5. The average Bonchev–Trinajstić information content (AvgIpc) is 2.87. The van der Waals surface area contributed by atoms with Crippen molar-refractivity contribution in [1.29, 1.82) is 0 Å². The first-order chi connectivity index (χ1) is 9.22. The molecule has 1 atom stereocenters. The van der Waals surface area contributed by atoms with Gasteiger partial charge in [0.1, 0.15) is 0 Å². The van der Waals surface area contributed by atoms with E-state index in [1.165, 1.54) is 12.8 Å². The van der Waals surface area contributed by atoms with E-state index < -0.39 is 0 Å². The molecule has 1 aliphatic rings. The summed E-state index contributed by atoms with van der Waals surface area (Å²) < 4.78 is 5.27. The molecule has 0 aromatic carbocycles. The van der Waals surface area contributed by atoms with E-state index in [4.69, 9.17) is 4.52 Å². The summed E-state index contributed by atoms with van der Waals surface area (Å²) in [5.41, 5.74) is 0.999. The van der Waals surface area contributed by atoms with E-state index in [0.29, 0.717) is 6.54 Å². The highest BCUT2D eigenvalue weighted by Gasteiger charge is 2.19. The summed E-state index contributed by atoms with van der Waals surface area (Å²) in [4.78, 5) is 6.68. The molecule has 2 rings (SSSR count). The number of aryl methyl sites for hydroxylation is 1. The number of likely N-dealkylation sites (tertiary alicyclic amines) is 1. The second-order valence-electron chi connectivity index (χ2n) is 5.23. The maximum atomic E-state index is 5.27. The van der Waals surface area contributed by atoms with Gasteiger partial charge in [0.2, 0.25) is 0 Å². The molecule has 1 saturated heterocycles. The first kappa shape index (κ1) is 13.9. The fourth-order valence-electron chi connectivity index (χ4n) is 2.49. The molecule has 1 aromatic heterocycles. The Morgan fingerprint density at radius 2 is 2.47 bits per heavy atom. The lowest BCUT2D eigenvalue weighted by molar-refractivity contribution is 0.264. The summed E-state index contributed by atoms with van der Waals surface area (Å²) in [6.45, 7) is 7.17. The standard InChI is InChI=1S/C14H24N4O/c1-4-12-8-13(19-17-12)9-16-14(15-3)18-7-5-6-11(2)10-18/h8,11H,4-7,9-10H2,1-3H3,(H,15,16). The lowest BCUT2D eigenvalue weighted by Crippen LogP contribution is -2.45. The zero-order valence-corrected chi connectivity index (χ0v) is 12.1. The van der Waals surface area contributed by atoms with Gasteiger partial charge in [0.15, 0.2) is 11.7 Å². The number of piperidine rings is 1. The maximum Gasteiger partial charge on any atom is 0.194 e. The maximum absolute atomic E-state index is 5.27. The molecule has 1 aliphatic heterocycles. The van der Waals surface area contributed by atoms with Crippen molar-refractivity contribution in [3.8, 4) is 0 Å². The van der Waals surface area contributed by atoms with Crippen LogP contribution in [0.2, 0.25) is 0 Å². The third kappa shape index (κ3) is 3.72. The summed E-state index contributed by atoms with van der Waals surface area (Å²) >= 11 is 0. The molecule has 0 saturated carbocycles. The molecule has 106 valence electrons. The Bertz CT molecular complexity index is 427. The van der Waals surface area contributed by atoms with Crippen LogP contribution < -0.4 is 5.32 Å². The molecule has 1 fully saturated rings. The third-order valence-electron chi connectivity index (χ3n) is 3.56. The SMILES string of the molecule is CCc1cc(CNC(=NC)N2CCCC(C)C2)on1. The zero-order chi connectivity index (χ0) is 13.7. The van der Waals surface area contributed by atoms with Gasteiger partial charge in [-0.1, -0.05) is 19.0 Å². The number of nitrogens with one attached hydrogen (secondary N) is 1. The fourth-order valence-corrected chi connectivity index (χ4v) is 2.49. The van der Waals surface area contributed by atoms with Gasteiger partial charge in [0.25, 0.3) is 0 Å². The van der Waals surface area contributed by atoms with Gasteiger partial charge in [-0.3, -0.25) is 4.99 Å². The number of guanidine groups is 1. The van der Waals surface area contributed by atoms with Crippen LogP contribution in [0.4, 0.5) is 0 Å². The van der Waals surface area contributed by atoms with Gasteiger partial charge in [-0.25, -0.2) is 0 Å². The van der Waals surface area contributed by atoms with Gasteiger partial charge >= 0.3 is 0 Å². The van der Waals surface area contributed by atoms with Crippen LogP contribution in [0.5, 0.6) is 0 Å². The molecule has 1 N–H and O–H groups in total. The van der Waals surface area contributed by atoms with Crippen molar-refractivity contribution in [1.82, 2.24) is 15.4 Å².